The van der Waals surface area contributed by atoms with E-state index in [-0.39, 0.29) is 5.82 Å². The van der Waals surface area contributed by atoms with Crippen molar-refractivity contribution >= 4 is 45.5 Å². The van der Waals surface area contributed by atoms with Crippen molar-refractivity contribution in [3.05, 3.63) is 94.6 Å². The van der Waals surface area contributed by atoms with Crippen LogP contribution in [0.2, 0.25) is 0 Å². The molecular weight excluding hydrogens is 501 g/mol. The van der Waals surface area contributed by atoms with Gasteiger partial charge >= 0.3 is 6.03 Å². The van der Waals surface area contributed by atoms with Gasteiger partial charge in [0.2, 0.25) is 5.95 Å². The lowest BCUT2D eigenvalue weighted by Crippen LogP contribution is -2.24. The van der Waals surface area contributed by atoms with Crippen LogP contribution < -0.4 is 16.1 Å². The summed E-state index contributed by atoms with van der Waals surface area (Å²) in [6.07, 6.45) is 6.52. The Morgan fingerprint density at radius 1 is 1.12 bits per heavy atom. The number of benzene rings is 2. The van der Waals surface area contributed by atoms with Crippen molar-refractivity contribution in [2.75, 3.05) is 10.6 Å². The number of pyridine rings is 1. The summed E-state index contributed by atoms with van der Waals surface area (Å²) >= 11 is 3.25. The molecular formula is C24H19BrFN7O. The number of anilines is 3. The van der Waals surface area contributed by atoms with E-state index in [2.05, 4.69) is 52.0 Å². The Balaban J connectivity index is 1.42. The predicted octanol–water partition coefficient (Wildman–Crippen LogP) is 5.65. The van der Waals surface area contributed by atoms with Crippen LogP contribution in [0, 0.1) is 12.7 Å². The number of amides is 2. The first-order valence-corrected chi connectivity index (χ1v) is 10.9. The summed E-state index contributed by atoms with van der Waals surface area (Å²) < 4.78 is 13.7. The van der Waals surface area contributed by atoms with Crippen molar-refractivity contribution in [2.24, 2.45) is 5.10 Å². The molecule has 0 unspecified atom stereocenters. The average Bonchev–Trinajstić information content (AvgIpc) is 2.83. The van der Waals surface area contributed by atoms with Crippen LogP contribution in [-0.2, 0) is 0 Å². The number of nitrogens with one attached hydrogen (secondary N) is 3. The number of hydrogen-bond donors (Lipinski definition) is 3. The van der Waals surface area contributed by atoms with Gasteiger partial charge in [-0.3, -0.25) is 4.98 Å². The molecule has 0 aliphatic carbocycles. The van der Waals surface area contributed by atoms with Crippen molar-refractivity contribution in [1.29, 1.82) is 0 Å². The first-order valence-electron chi connectivity index (χ1n) is 10.1. The first kappa shape index (κ1) is 23.0. The second-order valence-corrected chi connectivity index (χ2v) is 8.01. The number of halogens is 2. The number of carbonyl (C=O) groups is 1. The van der Waals surface area contributed by atoms with Gasteiger partial charge in [-0.25, -0.2) is 24.6 Å². The molecule has 0 saturated carbocycles. The minimum Gasteiger partial charge on any atom is -0.324 e. The van der Waals surface area contributed by atoms with Crippen LogP contribution in [0.5, 0.6) is 0 Å². The van der Waals surface area contributed by atoms with Crippen molar-refractivity contribution in [3.63, 3.8) is 0 Å². The van der Waals surface area contributed by atoms with E-state index in [4.69, 9.17) is 0 Å². The van der Waals surface area contributed by atoms with Crippen LogP contribution in [0.4, 0.5) is 26.5 Å². The van der Waals surface area contributed by atoms with Gasteiger partial charge in [0, 0.05) is 45.6 Å². The van der Waals surface area contributed by atoms with Gasteiger partial charge in [0.1, 0.15) is 5.82 Å². The minimum absolute atomic E-state index is 0.368. The second-order valence-electron chi connectivity index (χ2n) is 7.15. The van der Waals surface area contributed by atoms with Crippen molar-refractivity contribution in [1.82, 2.24) is 20.4 Å². The SMILES string of the molecule is Cc1ccc(NC(=O)N/N=C/c2ccc(F)cc2Br)cc1Nc1nccc(-c2cccnc2)n1. The fourth-order valence-corrected chi connectivity index (χ4v) is 3.43. The lowest BCUT2D eigenvalue weighted by atomic mass is 10.2. The zero-order valence-electron chi connectivity index (χ0n) is 18.0. The number of nitrogens with zero attached hydrogens (tertiary/aromatic N) is 4. The number of hydrogen-bond acceptors (Lipinski definition) is 6. The molecule has 3 N–H and O–H groups in total. The molecule has 2 aromatic carbocycles. The van der Waals surface area contributed by atoms with Crippen LogP contribution in [0.15, 0.2) is 82.8 Å². The maximum Gasteiger partial charge on any atom is 0.339 e. The molecule has 2 heterocycles. The highest BCUT2D eigenvalue weighted by Crippen LogP contribution is 2.24. The van der Waals surface area contributed by atoms with Gasteiger partial charge in [-0.2, -0.15) is 5.10 Å². The van der Waals surface area contributed by atoms with E-state index in [1.165, 1.54) is 18.3 Å². The number of rotatable bonds is 6. The van der Waals surface area contributed by atoms with Gasteiger partial charge in [-0.05, 0) is 61.0 Å². The minimum atomic E-state index is -0.529. The molecule has 0 atom stereocenters. The summed E-state index contributed by atoms with van der Waals surface area (Å²) in [5.41, 5.74) is 6.85. The molecule has 0 radical (unpaired) electrons. The average molecular weight is 520 g/mol. The molecule has 10 heteroatoms. The molecule has 0 aliphatic rings. The Morgan fingerprint density at radius 2 is 2.00 bits per heavy atom. The third-order valence-corrected chi connectivity index (χ3v) is 5.37. The standard InChI is InChI=1S/C24H19BrFN7O/c1-15-4-7-19(30-24(34)33-29-14-16-5-6-18(26)11-20(16)25)12-22(15)32-23-28-10-8-21(31-23)17-3-2-9-27-13-17/h2-14H,1H3,(H,28,31,32)(H2,30,33,34)/b29-14+. The molecule has 2 aromatic heterocycles. The largest absolute Gasteiger partial charge is 0.339 e. The van der Waals surface area contributed by atoms with E-state index >= 15 is 0 Å². The van der Waals surface area contributed by atoms with E-state index in [0.29, 0.717) is 21.7 Å². The molecule has 0 aliphatic heterocycles. The van der Waals surface area contributed by atoms with Crippen LogP contribution >= 0.6 is 15.9 Å². The summed E-state index contributed by atoms with van der Waals surface area (Å²) in [7, 11) is 0. The molecule has 34 heavy (non-hydrogen) atoms. The monoisotopic (exact) mass is 519 g/mol. The first-order chi connectivity index (χ1) is 16.5. The summed E-state index contributed by atoms with van der Waals surface area (Å²) in [4.78, 5) is 25.2. The molecule has 8 nitrogen and oxygen atoms in total. The lowest BCUT2D eigenvalue weighted by molar-refractivity contribution is 0.252. The van der Waals surface area contributed by atoms with Gasteiger partial charge in [-0.15, -0.1) is 0 Å². The van der Waals surface area contributed by atoms with E-state index in [1.54, 1.807) is 36.8 Å². The van der Waals surface area contributed by atoms with Gasteiger partial charge < -0.3 is 10.6 Å². The molecule has 170 valence electrons. The van der Waals surface area contributed by atoms with Gasteiger partial charge in [0.15, 0.2) is 0 Å². The molecule has 0 bridgehead atoms. The molecule has 0 saturated heterocycles. The molecule has 4 rings (SSSR count). The van der Waals surface area contributed by atoms with Crippen molar-refractivity contribution in [2.45, 2.75) is 6.92 Å². The molecule has 2 amide bonds. The highest BCUT2D eigenvalue weighted by molar-refractivity contribution is 9.10. The van der Waals surface area contributed by atoms with Crippen molar-refractivity contribution in [3.8, 4) is 11.3 Å². The number of carbonyl (C=O) groups excluding carboxylic acids is 1. The number of urea groups is 1. The Hall–Kier alpha value is -4.18. The van der Waals surface area contributed by atoms with E-state index in [9.17, 15) is 9.18 Å². The Labute approximate surface area is 203 Å². The van der Waals surface area contributed by atoms with E-state index < -0.39 is 6.03 Å². The Kier molecular flexibility index (Phi) is 7.19. The summed E-state index contributed by atoms with van der Waals surface area (Å²) in [6, 6.07) is 14.6. The number of hydrazone groups is 1. The number of aromatic nitrogens is 3. The van der Waals surface area contributed by atoms with Gasteiger partial charge in [0.25, 0.3) is 0 Å². The van der Waals surface area contributed by atoms with Gasteiger partial charge in [-0.1, -0.05) is 22.0 Å². The maximum absolute atomic E-state index is 13.2. The molecule has 4 aromatic rings. The second kappa shape index (κ2) is 10.6. The Bertz CT molecular complexity index is 1350. The fraction of sp³-hybridized carbons (Fsp3) is 0.0417. The highest BCUT2D eigenvalue weighted by atomic mass is 79.9. The summed E-state index contributed by atoms with van der Waals surface area (Å²) in [6.45, 7) is 1.93. The predicted molar refractivity (Wildman–Crippen MR) is 134 cm³/mol. The van der Waals surface area contributed by atoms with Crippen molar-refractivity contribution < 1.29 is 9.18 Å². The van der Waals surface area contributed by atoms with Crippen LogP contribution in [0.1, 0.15) is 11.1 Å². The smallest absolute Gasteiger partial charge is 0.324 e. The maximum atomic E-state index is 13.2. The third-order valence-electron chi connectivity index (χ3n) is 4.69. The topological polar surface area (TPSA) is 104 Å². The highest BCUT2D eigenvalue weighted by Gasteiger charge is 2.08. The molecule has 0 fully saturated rings. The fourth-order valence-electron chi connectivity index (χ4n) is 2.97. The molecule has 0 spiro atoms. The van der Waals surface area contributed by atoms with Crippen LogP contribution in [0.25, 0.3) is 11.3 Å². The third kappa shape index (κ3) is 5.99. The van der Waals surface area contributed by atoms with Crippen LogP contribution in [0.3, 0.4) is 0 Å². The van der Waals surface area contributed by atoms with Crippen LogP contribution in [-0.4, -0.2) is 27.2 Å². The zero-order valence-corrected chi connectivity index (χ0v) is 19.5. The lowest BCUT2D eigenvalue weighted by Gasteiger charge is -2.12. The van der Waals surface area contributed by atoms with Gasteiger partial charge in [0.05, 0.1) is 11.9 Å². The summed E-state index contributed by atoms with van der Waals surface area (Å²) in [5, 5.41) is 9.80. The summed E-state index contributed by atoms with van der Waals surface area (Å²) in [5.74, 6) is 0.0493. The Morgan fingerprint density at radius 3 is 2.79 bits per heavy atom. The van der Waals surface area contributed by atoms with E-state index in [0.717, 1.165) is 22.5 Å². The zero-order chi connectivity index (χ0) is 23.9. The van der Waals surface area contributed by atoms with E-state index in [1.807, 2.05) is 31.2 Å². The normalized spacial score (nSPS) is 10.8. The number of aryl methyl sites for hydroxylation is 1. The quantitative estimate of drug-likeness (QED) is 0.225.